The van der Waals surface area contributed by atoms with Crippen molar-refractivity contribution in [3.05, 3.63) is 29.1 Å². The number of hydrogen-bond donors (Lipinski definition) is 0. The summed E-state index contributed by atoms with van der Waals surface area (Å²) in [6.45, 7) is 0. The van der Waals surface area contributed by atoms with E-state index in [0.29, 0.717) is 0 Å². The second-order valence-electron chi connectivity index (χ2n) is 3.59. The van der Waals surface area contributed by atoms with Crippen molar-refractivity contribution >= 4 is 44.7 Å². The molecule has 2 aromatic heterocycles. The van der Waals surface area contributed by atoms with Crippen molar-refractivity contribution in [2.45, 2.75) is 10.6 Å². The number of thioether (sulfide) groups is 1. The van der Waals surface area contributed by atoms with Crippen LogP contribution in [0.3, 0.4) is 0 Å². The fourth-order valence-corrected chi connectivity index (χ4v) is 5.29. The van der Waals surface area contributed by atoms with Crippen LogP contribution < -0.4 is 0 Å². The number of hydrogen-bond acceptors (Lipinski definition) is 5. The van der Waals surface area contributed by atoms with Crippen LogP contribution in [0.25, 0.3) is 20.7 Å². The minimum atomic E-state index is 1.01. The molecule has 0 fully saturated rings. The molecule has 0 atom stereocenters. The van der Waals surface area contributed by atoms with Crippen LogP contribution >= 0.6 is 34.6 Å². The highest BCUT2D eigenvalue weighted by Gasteiger charge is 2.24. The van der Waals surface area contributed by atoms with Gasteiger partial charge in [-0.2, -0.15) is 0 Å². The molecule has 0 radical (unpaired) electrons. The number of rotatable bonds is 0. The predicted molar refractivity (Wildman–Crippen MR) is 70.3 cm³/mol. The molecule has 1 aliphatic rings. The fourth-order valence-electron chi connectivity index (χ4n) is 1.94. The Kier molecular flexibility index (Phi) is 1.88. The summed E-state index contributed by atoms with van der Waals surface area (Å²) in [6, 6.07) is 8.57. The van der Waals surface area contributed by atoms with Gasteiger partial charge in [0.2, 0.25) is 0 Å². The molecule has 0 saturated carbocycles. The van der Waals surface area contributed by atoms with Crippen LogP contribution in [0.1, 0.15) is 4.88 Å². The van der Waals surface area contributed by atoms with Gasteiger partial charge in [-0.25, -0.2) is 0 Å². The summed E-state index contributed by atoms with van der Waals surface area (Å²) in [4.78, 5) is 4.01. The van der Waals surface area contributed by atoms with E-state index >= 15 is 0 Å². The van der Waals surface area contributed by atoms with Gasteiger partial charge in [0.15, 0.2) is 0 Å². The maximum atomic E-state index is 4.26. The van der Waals surface area contributed by atoms with Crippen molar-refractivity contribution in [1.29, 1.82) is 0 Å². The van der Waals surface area contributed by atoms with E-state index in [1.54, 1.807) is 0 Å². The van der Waals surface area contributed by atoms with Gasteiger partial charge >= 0.3 is 0 Å². The zero-order chi connectivity index (χ0) is 10.5. The highest BCUT2D eigenvalue weighted by atomic mass is 32.2. The molecule has 4 rings (SSSR count). The standard InChI is InChI=1S/C11H6N2S3/c1-2-4-7-6(3-1)10-11(15-7)9-8(5-14-10)16-13-12-9/h1-4H,5H2. The molecule has 16 heavy (non-hydrogen) atoms. The lowest BCUT2D eigenvalue weighted by Crippen LogP contribution is -1.88. The Hall–Kier alpha value is -0.910. The van der Waals surface area contributed by atoms with Crippen LogP contribution in [-0.4, -0.2) is 9.59 Å². The second-order valence-corrected chi connectivity index (χ2v) is 6.47. The highest BCUT2D eigenvalue weighted by Crippen LogP contribution is 2.49. The smallest absolute Gasteiger partial charge is 0.121 e. The first-order valence-corrected chi connectivity index (χ1v) is 7.47. The van der Waals surface area contributed by atoms with E-state index in [2.05, 4.69) is 33.9 Å². The van der Waals surface area contributed by atoms with Crippen molar-refractivity contribution < 1.29 is 0 Å². The third-order valence-corrected chi connectivity index (χ3v) is 6.03. The fraction of sp³-hybridized carbons (Fsp3) is 0.0909. The summed E-state index contributed by atoms with van der Waals surface area (Å²) >= 11 is 5.27. The molecule has 5 heteroatoms. The van der Waals surface area contributed by atoms with Crippen molar-refractivity contribution in [3.8, 4) is 10.6 Å². The van der Waals surface area contributed by atoms with E-state index in [4.69, 9.17) is 0 Å². The number of benzene rings is 1. The van der Waals surface area contributed by atoms with Crippen LogP contribution in [0, 0.1) is 0 Å². The number of aromatic nitrogens is 2. The Morgan fingerprint density at radius 1 is 1.19 bits per heavy atom. The lowest BCUT2D eigenvalue weighted by atomic mass is 10.2. The second kappa shape index (κ2) is 3.29. The van der Waals surface area contributed by atoms with Gasteiger partial charge in [0.1, 0.15) is 5.69 Å². The minimum absolute atomic E-state index is 1.01. The SMILES string of the molecule is c1ccc2c3c(sc2c1)-c1nnsc1CS3. The molecule has 1 aromatic carbocycles. The molecule has 1 aliphatic heterocycles. The Morgan fingerprint density at radius 3 is 3.12 bits per heavy atom. The molecule has 0 N–H and O–H groups in total. The van der Waals surface area contributed by atoms with Gasteiger partial charge in [0.25, 0.3) is 0 Å². The summed E-state index contributed by atoms with van der Waals surface area (Å²) in [5.41, 5.74) is 1.11. The first-order chi connectivity index (χ1) is 7.93. The average Bonchev–Trinajstić information content (AvgIpc) is 2.92. The first-order valence-electron chi connectivity index (χ1n) is 4.89. The first kappa shape index (κ1) is 9.15. The Labute approximate surface area is 104 Å². The van der Waals surface area contributed by atoms with E-state index in [1.165, 1.54) is 36.3 Å². The van der Waals surface area contributed by atoms with Crippen molar-refractivity contribution in [3.63, 3.8) is 0 Å². The van der Waals surface area contributed by atoms with Crippen LogP contribution in [0.15, 0.2) is 29.2 Å². The highest BCUT2D eigenvalue weighted by molar-refractivity contribution is 7.99. The summed E-state index contributed by atoms with van der Waals surface area (Å²) in [7, 11) is 0. The molecular weight excluding hydrogens is 256 g/mol. The van der Waals surface area contributed by atoms with Crippen LogP contribution in [-0.2, 0) is 5.75 Å². The molecule has 0 bridgehead atoms. The number of fused-ring (bicyclic) bond motifs is 5. The van der Waals surface area contributed by atoms with E-state index in [1.807, 2.05) is 23.1 Å². The van der Waals surface area contributed by atoms with Gasteiger partial charge in [0.05, 0.1) is 9.75 Å². The zero-order valence-corrected chi connectivity index (χ0v) is 10.6. The maximum absolute atomic E-state index is 4.26. The Bertz CT molecular complexity index is 683. The average molecular weight is 262 g/mol. The third kappa shape index (κ3) is 1.13. The molecule has 0 saturated heterocycles. The van der Waals surface area contributed by atoms with Crippen molar-refractivity contribution in [2.24, 2.45) is 0 Å². The van der Waals surface area contributed by atoms with Gasteiger partial charge in [0, 0.05) is 20.7 Å². The van der Waals surface area contributed by atoms with Gasteiger partial charge < -0.3 is 0 Å². The molecule has 0 amide bonds. The summed E-state index contributed by atoms with van der Waals surface area (Å²) in [5, 5.41) is 5.63. The van der Waals surface area contributed by atoms with Gasteiger partial charge in [-0.3, -0.25) is 0 Å². The zero-order valence-electron chi connectivity index (χ0n) is 8.14. The van der Waals surface area contributed by atoms with Crippen LogP contribution in [0.4, 0.5) is 0 Å². The molecule has 0 spiro atoms. The maximum Gasteiger partial charge on any atom is 0.121 e. The molecule has 3 aromatic rings. The Morgan fingerprint density at radius 2 is 2.12 bits per heavy atom. The summed E-state index contributed by atoms with van der Waals surface area (Å²) in [5.74, 6) is 1.01. The molecular formula is C11H6N2S3. The molecule has 0 unspecified atom stereocenters. The number of thiophene rings is 1. The molecule has 3 heterocycles. The Balaban J connectivity index is 2.13. The third-order valence-electron chi connectivity index (χ3n) is 2.67. The summed E-state index contributed by atoms with van der Waals surface area (Å²) in [6.07, 6.45) is 0. The van der Waals surface area contributed by atoms with Crippen LogP contribution in [0.2, 0.25) is 0 Å². The number of nitrogens with zero attached hydrogens (tertiary/aromatic N) is 2. The topological polar surface area (TPSA) is 25.8 Å². The normalized spacial score (nSPS) is 13.8. The van der Waals surface area contributed by atoms with E-state index in [-0.39, 0.29) is 0 Å². The van der Waals surface area contributed by atoms with Crippen LogP contribution in [0.5, 0.6) is 0 Å². The van der Waals surface area contributed by atoms with E-state index < -0.39 is 0 Å². The van der Waals surface area contributed by atoms with Gasteiger partial charge in [-0.1, -0.05) is 22.7 Å². The van der Waals surface area contributed by atoms with Gasteiger partial charge in [-0.05, 0) is 17.6 Å². The molecule has 78 valence electrons. The van der Waals surface area contributed by atoms with E-state index in [9.17, 15) is 0 Å². The van der Waals surface area contributed by atoms with E-state index in [0.717, 1.165) is 11.4 Å². The predicted octanol–water partition coefficient (Wildman–Crippen LogP) is 4.03. The molecule has 0 aliphatic carbocycles. The van der Waals surface area contributed by atoms with Crippen molar-refractivity contribution in [1.82, 2.24) is 9.59 Å². The monoisotopic (exact) mass is 262 g/mol. The van der Waals surface area contributed by atoms with Gasteiger partial charge in [-0.15, -0.1) is 28.2 Å². The quantitative estimate of drug-likeness (QED) is 0.612. The summed E-state index contributed by atoms with van der Waals surface area (Å²) < 4.78 is 5.41. The lowest BCUT2D eigenvalue weighted by molar-refractivity contribution is 1.15. The largest absolute Gasteiger partial charge is 0.137 e. The van der Waals surface area contributed by atoms with Crippen molar-refractivity contribution in [2.75, 3.05) is 0 Å². The molecule has 2 nitrogen and oxygen atoms in total. The minimum Gasteiger partial charge on any atom is -0.137 e. The lowest BCUT2D eigenvalue weighted by Gasteiger charge is -2.08.